The fourth-order valence-corrected chi connectivity index (χ4v) is 2.09. The van der Waals surface area contributed by atoms with Crippen LogP contribution in [0.5, 0.6) is 5.75 Å². The maximum Gasteiger partial charge on any atom is 0.222 e. The number of para-hydroxylation sites is 2. The van der Waals surface area contributed by atoms with Gasteiger partial charge in [0.15, 0.2) is 0 Å². The molecule has 2 atom stereocenters. The summed E-state index contributed by atoms with van der Waals surface area (Å²) < 4.78 is 7.42. The second-order valence-electron chi connectivity index (χ2n) is 4.57. The molecule has 0 fully saturated rings. The lowest BCUT2D eigenvalue weighted by molar-refractivity contribution is 0.0111. The Labute approximate surface area is 122 Å². The van der Waals surface area contributed by atoms with Gasteiger partial charge in [-0.3, -0.25) is 0 Å². The van der Waals surface area contributed by atoms with Crippen molar-refractivity contribution in [2.45, 2.75) is 12.3 Å². The maximum atomic E-state index is 10.2. The minimum atomic E-state index is -0.907. The molecule has 0 amide bonds. The van der Waals surface area contributed by atoms with Crippen LogP contribution in [0.25, 0.3) is 11.0 Å². The third-order valence-corrected chi connectivity index (χ3v) is 3.15. The smallest absolute Gasteiger partial charge is 0.222 e. The van der Waals surface area contributed by atoms with Gasteiger partial charge in [0, 0.05) is 0 Å². The minimum Gasteiger partial charge on any atom is -0.465 e. The Bertz CT molecular complexity index is 739. The number of aliphatic hydroxyl groups is 1. The lowest BCUT2D eigenvalue weighted by Crippen LogP contribution is -2.28. The summed E-state index contributed by atoms with van der Waals surface area (Å²) in [6.45, 7) is 3.62. The monoisotopic (exact) mass is 281 g/mol. The summed E-state index contributed by atoms with van der Waals surface area (Å²) in [6.07, 6.45) is -0.211. The van der Waals surface area contributed by atoms with E-state index in [4.69, 9.17) is 4.74 Å². The van der Waals surface area contributed by atoms with Gasteiger partial charge in [-0.05, 0) is 24.3 Å². The van der Waals surface area contributed by atoms with Crippen molar-refractivity contribution >= 4 is 11.0 Å². The molecule has 1 heterocycles. The zero-order chi connectivity index (χ0) is 14.7. The number of ether oxygens (including phenoxy) is 1. The van der Waals surface area contributed by atoms with Crippen molar-refractivity contribution in [3.8, 4) is 5.75 Å². The van der Waals surface area contributed by atoms with Crippen LogP contribution < -0.4 is 4.74 Å². The van der Waals surface area contributed by atoms with E-state index >= 15 is 0 Å². The first-order valence-corrected chi connectivity index (χ1v) is 6.62. The normalized spacial score (nSPS) is 13.8. The van der Waals surface area contributed by atoms with Gasteiger partial charge >= 0.3 is 0 Å². The summed E-state index contributed by atoms with van der Waals surface area (Å²) in [7, 11) is 0. The first-order chi connectivity index (χ1) is 10.3. The number of benzene rings is 2. The van der Waals surface area contributed by atoms with Crippen LogP contribution >= 0.6 is 0 Å². The van der Waals surface area contributed by atoms with E-state index in [1.165, 1.54) is 6.08 Å². The number of aliphatic hydroxyl groups excluding tert-OH is 1. The third-order valence-electron chi connectivity index (χ3n) is 3.15. The van der Waals surface area contributed by atoms with Crippen LogP contribution in [0.2, 0.25) is 0 Å². The highest BCUT2D eigenvalue weighted by atomic mass is 16.5. The average molecular weight is 281 g/mol. The molecule has 0 saturated carbocycles. The van der Waals surface area contributed by atoms with Crippen LogP contribution in [-0.2, 0) is 0 Å². The van der Waals surface area contributed by atoms with E-state index in [0.717, 1.165) is 11.0 Å². The minimum absolute atomic E-state index is 0.642. The molecule has 2 aromatic carbocycles. The van der Waals surface area contributed by atoms with Gasteiger partial charge < -0.3 is 9.84 Å². The fourth-order valence-electron chi connectivity index (χ4n) is 2.09. The molecule has 0 radical (unpaired) electrons. The van der Waals surface area contributed by atoms with Gasteiger partial charge in [-0.25, -0.2) is 4.68 Å². The molecular formula is C16H15N3O2. The predicted molar refractivity (Wildman–Crippen MR) is 79.8 cm³/mol. The molecule has 3 aromatic rings. The first kappa shape index (κ1) is 13.3. The van der Waals surface area contributed by atoms with Crippen LogP contribution in [0.1, 0.15) is 6.23 Å². The predicted octanol–water partition coefficient (Wildman–Crippen LogP) is 2.56. The van der Waals surface area contributed by atoms with Gasteiger partial charge in [-0.2, -0.15) is 0 Å². The standard InChI is InChI=1S/C16H15N3O2/c1-2-15(20)16(21-12-8-4-3-5-9-12)19-14-11-7-6-10-13(14)17-18-19/h2-11,15-16,20H,1H2. The first-order valence-electron chi connectivity index (χ1n) is 6.62. The molecule has 3 rings (SSSR count). The van der Waals surface area contributed by atoms with Crippen LogP contribution in [0, 0.1) is 0 Å². The van der Waals surface area contributed by atoms with Crippen LogP contribution in [0.3, 0.4) is 0 Å². The van der Waals surface area contributed by atoms with Crippen LogP contribution in [-0.4, -0.2) is 26.2 Å². The Morgan fingerprint density at radius 1 is 1.10 bits per heavy atom. The summed E-state index contributed by atoms with van der Waals surface area (Å²) in [6, 6.07) is 16.8. The molecule has 5 nitrogen and oxygen atoms in total. The number of fused-ring (bicyclic) bond motifs is 1. The Morgan fingerprint density at radius 3 is 2.57 bits per heavy atom. The average Bonchev–Trinajstić information content (AvgIpc) is 2.97. The second kappa shape index (κ2) is 5.76. The van der Waals surface area contributed by atoms with Crippen molar-refractivity contribution < 1.29 is 9.84 Å². The number of hydrogen-bond acceptors (Lipinski definition) is 4. The Kier molecular flexibility index (Phi) is 3.66. The van der Waals surface area contributed by atoms with E-state index in [0.29, 0.717) is 5.75 Å². The molecule has 1 aromatic heterocycles. The number of rotatable bonds is 5. The van der Waals surface area contributed by atoms with Gasteiger partial charge in [-0.15, -0.1) is 11.7 Å². The summed E-state index contributed by atoms with van der Waals surface area (Å²) in [5, 5.41) is 18.4. The number of aromatic nitrogens is 3. The Balaban J connectivity index is 2.01. The molecule has 0 aliphatic heterocycles. The van der Waals surface area contributed by atoms with Crippen molar-refractivity contribution in [2.75, 3.05) is 0 Å². The highest BCUT2D eigenvalue weighted by Gasteiger charge is 2.23. The fraction of sp³-hybridized carbons (Fsp3) is 0.125. The van der Waals surface area contributed by atoms with Crippen LogP contribution in [0.4, 0.5) is 0 Å². The number of hydrogen-bond donors (Lipinski definition) is 1. The maximum absolute atomic E-state index is 10.2. The molecule has 0 bridgehead atoms. The van der Waals surface area contributed by atoms with Gasteiger partial charge in [0.2, 0.25) is 6.23 Å². The quantitative estimate of drug-likeness (QED) is 0.730. The van der Waals surface area contributed by atoms with E-state index in [2.05, 4.69) is 16.9 Å². The zero-order valence-corrected chi connectivity index (χ0v) is 11.3. The SMILES string of the molecule is C=CC(O)C(Oc1ccccc1)n1nnc2ccccc21. The van der Waals surface area contributed by atoms with Crippen molar-refractivity contribution in [1.82, 2.24) is 15.0 Å². The van der Waals surface area contributed by atoms with Crippen molar-refractivity contribution in [2.24, 2.45) is 0 Å². The van der Waals surface area contributed by atoms with Crippen molar-refractivity contribution in [1.29, 1.82) is 0 Å². The summed E-state index contributed by atoms with van der Waals surface area (Å²) in [5.41, 5.74) is 1.54. The molecule has 5 heteroatoms. The highest BCUT2D eigenvalue weighted by molar-refractivity contribution is 5.73. The van der Waals surface area contributed by atoms with Gasteiger partial charge in [-0.1, -0.05) is 41.6 Å². The summed E-state index contributed by atoms with van der Waals surface area (Å²) in [5.74, 6) is 0.642. The Morgan fingerprint density at radius 2 is 1.81 bits per heavy atom. The molecule has 106 valence electrons. The van der Waals surface area contributed by atoms with E-state index in [9.17, 15) is 5.11 Å². The molecule has 0 spiro atoms. The van der Waals surface area contributed by atoms with Crippen molar-refractivity contribution in [3.05, 3.63) is 67.3 Å². The summed E-state index contributed by atoms with van der Waals surface area (Å²) >= 11 is 0. The third kappa shape index (κ3) is 2.64. The molecule has 2 unspecified atom stereocenters. The summed E-state index contributed by atoms with van der Waals surface area (Å²) in [4.78, 5) is 0. The molecule has 21 heavy (non-hydrogen) atoms. The topological polar surface area (TPSA) is 60.2 Å². The van der Waals surface area contributed by atoms with Crippen molar-refractivity contribution in [3.63, 3.8) is 0 Å². The van der Waals surface area contributed by atoms with E-state index in [-0.39, 0.29) is 0 Å². The van der Waals surface area contributed by atoms with Gasteiger partial charge in [0.05, 0.1) is 5.52 Å². The van der Waals surface area contributed by atoms with Gasteiger partial charge in [0.25, 0.3) is 0 Å². The molecule has 1 N–H and O–H groups in total. The van der Waals surface area contributed by atoms with E-state index < -0.39 is 12.3 Å². The Hall–Kier alpha value is -2.66. The molecule has 0 aliphatic rings. The van der Waals surface area contributed by atoms with E-state index in [1.54, 1.807) is 4.68 Å². The molecular weight excluding hydrogens is 266 g/mol. The largest absolute Gasteiger partial charge is 0.465 e. The van der Waals surface area contributed by atoms with Crippen LogP contribution in [0.15, 0.2) is 67.3 Å². The lowest BCUT2D eigenvalue weighted by Gasteiger charge is -2.22. The second-order valence-corrected chi connectivity index (χ2v) is 4.57. The molecule has 0 saturated heterocycles. The number of nitrogens with zero attached hydrogens (tertiary/aromatic N) is 3. The molecule has 0 aliphatic carbocycles. The van der Waals surface area contributed by atoms with Gasteiger partial charge in [0.1, 0.15) is 17.4 Å². The van der Waals surface area contributed by atoms with E-state index in [1.807, 2.05) is 54.6 Å². The highest BCUT2D eigenvalue weighted by Crippen LogP contribution is 2.23. The zero-order valence-electron chi connectivity index (χ0n) is 11.3. The lowest BCUT2D eigenvalue weighted by atomic mass is 10.2.